The van der Waals surface area contributed by atoms with Crippen molar-refractivity contribution in [3.05, 3.63) is 65.5 Å². The number of sulfonamides is 1. The third kappa shape index (κ3) is 6.46. The highest BCUT2D eigenvalue weighted by molar-refractivity contribution is 7.89. The first-order valence-electron chi connectivity index (χ1n) is 10.6. The molecule has 0 unspecified atom stereocenters. The van der Waals surface area contributed by atoms with Gasteiger partial charge in [0.15, 0.2) is 12.4 Å². The lowest BCUT2D eigenvalue weighted by Gasteiger charge is -2.26. The van der Waals surface area contributed by atoms with Gasteiger partial charge in [-0.05, 0) is 37.1 Å². The van der Waals surface area contributed by atoms with Crippen LogP contribution in [0.4, 0.5) is 4.39 Å². The van der Waals surface area contributed by atoms with Crippen LogP contribution < -0.4 is 5.32 Å². The smallest absolute Gasteiger partial charge is 0.341 e. The highest BCUT2D eigenvalue weighted by Gasteiger charge is 2.28. The number of halogens is 1. The Hall–Kier alpha value is -3.15. The van der Waals surface area contributed by atoms with E-state index >= 15 is 0 Å². The maximum absolute atomic E-state index is 14.3. The molecule has 1 heterocycles. The standard InChI is InChI=1S/C23H25FN2O7S/c1-16(27)21(13-17-5-3-2-4-6-17)25-22(28)15-33-23(29)19-14-18(7-8-20(19)24)34(30,31)26-9-11-32-12-10-26/h2-8,14,21H,9-13,15H2,1H3,(H,25,28)/t21-/m0/s1. The number of amides is 1. The molecule has 9 nitrogen and oxygen atoms in total. The summed E-state index contributed by atoms with van der Waals surface area (Å²) in [6.07, 6.45) is 0.256. The number of esters is 1. The number of ketones is 1. The minimum atomic E-state index is -3.96. The number of carbonyl (C=O) groups is 3. The Labute approximate surface area is 196 Å². The molecule has 182 valence electrons. The summed E-state index contributed by atoms with van der Waals surface area (Å²) in [5.41, 5.74) is 0.217. The average molecular weight is 493 g/mol. The summed E-state index contributed by atoms with van der Waals surface area (Å²) in [6, 6.07) is 11.0. The molecule has 1 amide bonds. The SMILES string of the molecule is CC(=O)[C@H](Cc1ccccc1)NC(=O)COC(=O)c1cc(S(=O)(=O)N2CCOCC2)ccc1F. The van der Waals surface area contributed by atoms with Gasteiger partial charge in [-0.25, -0.2) is 17.6 Å². The van der Waals surface area contributed by atoms with E-state index in [0.717, 1.165) is 23.8 Å². The Morgan fingerprint density at radius 3 is 2.44 bits per heavy atom. The quantitative estimate of drug-likeness (QED) is 0.525. The van der Waals surface area contributed by atoms with Crippen LogP contribution >= 0.6 is 0 Å². The molecule has 0 radical (unpaired) electrons. The number of nitrogens with zero attached hydrogens (tertiary/aromatic N) is 1. The van der Waals surface area contributed by atoms with Crippen molar-refractivity contribution < 1.29 is 36.7 Å². The lowest BCUT2D eigenvalue weighted by molar-refractivity contribution is -0.128. The van der Waals surface area contributed by atoms with Gasteiger partial charge in [-0.1, -0.05) is 30.3 Å². The van der Waals surface area contributed by atoms with Crippen LogP contribution in [0, 0.1) is 5.82 Å². The fraction of sp³-hybridized carbons (Fsp3) is 0.348. The number of hydrogen-bond donors (Lipinski definition) is 1. The second-order valence-corrected chi connectivity index (χ2v) is 9.59. The Kier molecular flexibility index (Phi) is 8.48. The molecule has 1 aliphatic rings. The van der Waals surface area contributed by atoms with Crippen LogP contribution in [0.15, 0.2) is 53.4 Å². The minimum Gasteiger partial charge on any atom is -0.452 e. The summed E-state index contributed by atoms with van der Waals surface area (Å²) < 4.78 is 51.0. The molecule has 1 aliphatic heterocycles. The Morgan fingerprint density at radius 2 is 1.79 bits per heavy atom. The zero-order chi connectivity index (χ0) is 24.7. The maximum Gasteiger partial charge on any atom is 0.341 e. The lowest BCUT2D eigenvalue weighted by atomic mass is 10.0. The topological polar surface area (TPSA) is 119 Å². The summed E-state index contributed by atoms with van der Waals surface area (Å²) in [5, 5.41) is 2.49. The molecule has 0 spiro atoms. The molecule has 0 aliphatic carbocycles. The van der Waals surface area contributed by atoms with Gasteiger partial charge in [-0.2, -0.15) is 4.31 Å². The maximum atomic E-state index is 14.3. The van der Waals surface area contributed by atoms with Gasteiger partial charge in [-0.3, -0.25) is 9.59 Å². The lowest BCUT2D eigenvalue weighted by Crippen LogP contribution is -2.43. The van der Waals surface area contributed by atoms with Crippen LogP contribution in [-0.4, -0.2) is 69.3 Å². The number of Topliss-reactive ketones (excluding diaryl/α,β-unsaturated/α-hetero) is 1. The van der Waals surface area contributed by atoms with Crippen LogP contribution in [0.1, 0.15) is 22.8 Å². The van der Waals surface area contributed by atoms with Crippen LogP contribution in [-0.2, 0) is 35.5 Å². The highest BCUT2D eigenvalue weighted by Crippen LogP contribution is 2.21. The monoisotopic (exact) mass is 492 g/mol. The predicted octanol–water partition coefficient (Wildman–Crippen LogP) is 1.32. The number of ether oxygens (including phenoxy) is 2. The van der Waals surface area contributed by atoms with E-state index in [2.05, 4.69) is 5.32 Å². The highest BCUT2D eigenvalue weighted by atomic mass is 32.2. The predicted molar refractivity (Wildman–Crippen MR) is 119 cm³/mol. The molecule has 34 heavy (non-hydrogen) atoms. The van der Waals surface area contributed by atoms with Crippen molar-refractivity contribution in [1.29, 1.82) is 0 Å². The Bertz CT molecular complexity index is 1150. The first-order valence-corrected chi connectivity index (χ1v) is 12.0. The second kappa shape index (κ2) is 11.3. The van der Waals surface area contributed by atoms with Gasteiger partial charge in [0.05, 0.1) is 29.7 Å². The second-order valence-electron chi connectivity index (χ2n) is 7.65. The first kappa shape index (κ1) is 25.5. The van der Waals surface area contributed by atoms with E-state index in [0.29, 0.717) is 0 Å². The normalized spacial score (nSPS) is 15.4. The molecular formula is C23H25FN2O7S. The number of morpholine rings is 1. The van der Waals surface area contributed by atoms with Gasteiger partial charge in [-0.15, -0.1) is 0 Å². The third-order valence-corrected chi connectivity index (χ3v) is 7.10. The van der Waals surface area contributed by atoms with Gasteiger partial charge in [0.25, 0.3) is 5.91 Å². The molecule has 0 saturated carbocycles. The summed E-state index contributed by atoms with van der Waals surface area (Å²) >= 11 is 0. The molecule has 3 rings (SSSR count). The van der Waals surface area contributed by atoms with E-state index < -0.39 is 45.9 Å². The molecule has 2 aromatic rings. The van der Waals surface area contributed by atoms with Gasteiger partial charge in [0.1, 0.15) is 5.82 Å². The minimum absolute atomic E-state index is 0.139. The van der Waals surface area contributed by atoms with Crippen molar-refractivity contribution in [2.24, 2.45) is 0 Å². The molecule has 0 bridgehead atoms. The summed E-state index contributed by atoms with van der Waals surface area (Å²) in [5.74, 6) is -3.22. The van der Waals surface area contributed by atoms with Crippen molar-refractivity contribution in [2.45, 2.75) is 24.3 Å². The van der Waals surface area contributed by atoms with Crippen LogP contribution in [0.5, 0.6) is 0 Å². The molecule has 1 saturated heterocycles. The van der Waals surface area contributed by atoms with Gasteiger partial charge >= 0.3 is 5.97 Å². The molecule has 0 aromatic heterocycles. The van der Waals surface area contributed by atoms with Gasteiger partial charge < -0.3 is 14.8 Å². The van der Waals surface area contributed by atoms with Crippen molar-refractivity contribution in [3.63, 3.8) is 0 Å². The van der Waals surface area contributed by atoms with Gasteiger partial charge in [0, 0.05) is 13.1 Å². The van der Waals surface area contributed by atoms with E-state index in [4.69, 9.17) is 9.47 Å². The van der Waals surface area contributed by atoms with Crippen molar-refractivity contribution in [1.82, 2.24) is 9.62 Å². The molecule has 1 N–H and O–H groups in total. The van der Waals surface area contributed by atoms with Crippen LogP contribution in [0.3, 0.4) is 0 Å². The van der Waals surface area contributed by atoms with E-state index in [9.17, 15) is 27.2 Å². The number of rotatable bonds is 9. The zero-order valence-electron chi connectivity index (χ0n) is 18.5. The fourth-order valence-electron chi connectivity index (χ4n) is 3.35. The molecule has 1 atom stereocenters. The average Bonchev–Trinajstić information content (AvgIpc) is 2.83. The van der Waals surface area contributed by atoms with E-state index in [1.165, 1.54) is 11.2 Å². The number of benzene rings is 2. The first-order chi connectivity index (χ1) is 16.2. The van der Waals surface area contributed by atoms with Crippen molar-refractivity contribution >= 4 is 27.7 Å². The number of nitrogens with one attached hydrogen (secondary N) is 1. The largest absolute Gasteiger partial charge is 0.452 e. The van der Waals surface area contributed by atoms with Crippen molar-refractivity contribution in [2.75, 3.05) is 32.9 Å². The molecule has 11 heteroatoms. The Balaban J connectivity index is 1.64. The number of hydrogen-bond acceptors (Lipinski definition) is 7. The molecule has 1 fully saturated rings. The van der Waals surface area contributed by atoms with Crippen LogP contribution in [0.25, 0.3) is 0 Å². The van der Waals surface area contributed by atoms with Crippen molar-refractivity contribution in [3.8, 4) is 0 Å². The summed E-state index contributed by atoms with van der Waals surface area (Å²) in [4.78, 5) is 36.3. The summed E-state index contributed by atoms with van der Waals surface area (Å²) in [7, 11) is -3.96. The van der Waals surface area contributed by atoms with E-state index in [1.54, 1.807) is 12.1 Å². The summed E-state index contributed by atoms with van der Waals surface area (Å²) in [6.45, 7) is 1.30. The molecule has 2 aromatic carbocycles. The van der Waals surface area contributed by atoms with E-state index in [1.807, 2.05) is 18.2 Å². The van der Waals surface area contributed by atoms with Crippen LogP contribution in [0.2, 0.25) is 0 Å². The van der Waals surface area contributed by atoms with E-state index in [-0.39, 0.29) is 43.4 Å². The number of carbonyl (C=O) groups excluding carboxylic acids is 3. The zero-order valence-corrected chi connectivity index (χ0v) is 19.3. The molecular weight excluding hydrogens is 467 g/mol. The fourth-order valence-corrected chi connectivity index (χ4v) is 4.78. The van der Waals surface area contributed by atoms with Gasteiger partial charge in [0.2, 0.25) is 10.0 Å². The Morgan fingerprint density at radius 1 is 1.12 bits per heavy atom. The third-order valence-electron chi connectivity index (χ3n) is 5.21.